The number of ketones is 1. The van der Waals surface area contributed by atoms with Crippen LogP contribution in [0, 0.1) is 0 Å². The lowest BCUT2D eigenvalue weighted by molar-refractivity contribution is 0.104. The van der Waals surface area contributed by atoms with Crippen LogP contribution in [-0.4, -0.2) is 19.4 Å². The molecule has 124 valence electrons. The number of rotatable bonds is 6. The molecule has 2 aromatic carbocycles. The number of nitrogens with one attached hydrogen (secondary N) is 1. The van der Waals surface area contributed by atoms with Crippen LogP contribution in [0.4, 0.5) is 5.69 Å². The molecule has 2 aromatic rings. The molecule has 5 heteroatoms. The zero-order chi connectivity index (χ0) is 17.5. The number of hydrogen-bond donors (Lipinski definition) is 1. The second-order valence-corrected chi connectivity index (χ2v) is 5.90. The molecule has 0 fully saturated rings. The van der Waals surface area contributed by atoms with E-state index in [1.165, 1.54) is 12.1 Å². The summed E-state index contributed by atoms with van der Waals surface area (Å²) in [5.41, 5.74) is 0.954. The minimum atomic E-state index is -0.359. The molecule has 0 aromatic heterocycles. The summed E-state index contributed by atoms with van der Waals surface area (Å²) in [6.45, 7) is 2.49. The predicted molar refractivity (Wildman–Crippen MR) is 101 cm³/mol. The van der Waals surface area contributed by atoms with Crippen molar-refractivity contribution >= 4 is 33.5 Å². The van der Waals surface area contributed by atoms with E-state index in [9.17, 15) is 9.59 Å². The van der Waals surface area contributed by atoms with Gasteiger partial charge in [0.15, 0.2) is 5.78 Å². The van der Waals surface area contributed by atoms with Crippen molar-refractivity contribution in [3.05, 3.63) is 74.4 Å². The van der Waals surface area contributed by atoms with Gasteiger partial charge in [-0.15, -0.1) is 0 Å². The van der Waals surface area contributed by atoms with E-state index in [1.54, 1.807) is 25.3 Å². The Morgan fingerprint density at radius 3 is 2.71 bits per heavy atom. The van der Waals surface area contributed by atoms with Gasteiger partial charge in [-0.2, -0.15) is 0 Å². The Hall–Kier alpha value is -2.40. The number of anilines is 1. The van der Waals surface area contributed by atoms with Crippen LogP contribution in [0.25, 0.3) is 6.08 Å². The van der Waals surface area contributed by atoms with Crippen molar-refractivity contribution in [2.75, 3.05) is 19.0 Å². The molecule has 4 nitrogen and oxygen atoms in total. The summed E-state index contributed by atoms with van der Waals surface area (Å²) in [5, 5.41) is 2.98. The van der Waals surface area contributed by atoms with Gasteiger partial charge in [-0.1, -0.05) is 34.1 Å². The lowest BCUT2D eigenvalue weighted by Crippen LogP contribution is -2.15. The summed E-state index contributed by atoms with van der Waals surface area (Å²) >= 11 is 3.34. The molecule has 0 spiro atoms. The number of carbonyl (C=O) groups excluding carboxylic acids is 1. The first-order valence-corrected chi connectivity index (χ1v) is 8.29. The maximum absolute atomic E-state index is 12.5. The molecular formula is C19H18BrNO3. The smallest absolute Gasteiger partial charge is 0.212 e. The van der Waals surface area contributed by atoms with Crippen molar-refractivity contribution in [2.45, 2.75) is 6.92 Å². The highest BCUT2D eigenvalue weighted by Crippen LogP contribution is 2.19. The van der Waals surface area contributed by atoms with E-state index in [2.05, 4.69) is 21.2 Å². The van der Waals surface area contributed by atoms with E-state index in [4.69, 9.17) is 4.74 Å². The van der Waals surface area contributed by atoms with Crippen molar-refractivity contribution in [3.63, 3.8) is 0 Å². The molecule has 0 bridgehead atoms. The number of methoxy groups -OCH3 is 1. The minimum absolute atomic E-state index is 0.106. The first-order chi connectivity index (χ1) is 11.6. The van der Waals surface area contributed by atoms with Crippen LogP contribution < -0.4 is 15.5 Å². The van der Waals surface area contributed by atoms with Crippen LogP contribution in [0.5, 0.6) is 5.75 Å². The van der Waals surface area contributed by atoms with Crippen LogP contribution in [0.15, 0.2) is 57.8 Å². The number of ether oxygens (including phenoxy) is 1. The highest BCUT2D eigenvalue weighted by molar-refractivity contribution is 9.10. The topological polar surface area (TPSA) is 55.4 Å². The monoisotopic (exact) mass is 387 g/mol. The Morgan fingerprint density at radius 2 is 2.00 bits per heavy atom. The van der Waals surface area contributed by atoms with Crippen molar-refractivity contribution in [1.82, 2.24) is 0 Å². The molecule has 0 aliphatic heterocycles. The van der Waals surface area contributed by atoms with E-state index in [0.29, 0.717) is 22.5 Å². The SMILES string of the molecule is CCNc1ccc(Br)cc(C(=O)/C=C/c2ccccc2OC)c1=O. The van der Waals surface area contributed by atoms with Gasteiger partial charge >= 0.3 is 0 Å². The van der Waals surface area contributed by atoms with Crippen molar-refractivity contribution in [2.24, 2.45) is 0 Å². The normalized spacial score (nSPS) is 10.6. The Kier molecular flexibility index (Phi) is 6.32. The lowest BCUT2D eigenvalue weighted by atomic mass is 10.1. The first kappa shape index (κ1) is 17.9. The maximum Gasteiger partial charge on any atom is 0.212 e. The van der Waals surface area contributed by atoms with Crippen LogP contribution in [0.1, 0.15) is 22.8 Å². The molecule has 0 heterocycles. The van der Waals surface area contributed by atoms with Gasteiger partial charge in [0.1, 0.15) is 5.75 Å². The summed E-state index contributed by atoms with van der Waals surface area (Å²) in [5.74, 6) is 0.305. The van der Waals surface area contributed by atoms with Crippen LogP contribution in [0.3, 0.4) is 0 Å². The van der Waals surface area contributed by atoms with E-state index in [0.717, 1.165) is 5.56 Å². The molecule has 0 aliphatic rings. The molecule has 0 radical (unpaired) electrons. The zero-order valence-corrected chi connectivity index (χ0v) is 15.1. The zero-order valence-electron chi connectivity index (χ0n) is 13.5. The van der Waals surface area contributed by atoms with Gasteiger partial charge in [0.2, 0.25) is 5.43 Å². The average molecular weight is 388 g/mol. The van der Waals surface area contributed by atoms with E-state index in [1.807, 2.05) is 31.2 Å². The standard InChI is InChI=1S/C19H18BrNO3/c1-3-21-16-10-9-14(20)12-15(19(16)23)17(22)11-8-13-6-4-5-7-18(13)24-2/h4-12H,3H2,1-2H3,(H,21,23)/b11-8+. The van der Waals surface area contributed by atoms with E-state index < -0.39 is 0 Å². The second kappa shape index (κ2) is 8.45. The number of carbonyl (C=O) groups is 1. The average Bonchev–Trinajstić information content (AvgIpc) is 2.73. The van der Waals surface area contributed by atoms with Crippen LogP contribution in [-0.2, 0) is 0 Å². The van der Waals surface area contributed by atoms with E-state index >= 15 is 0 Å². The number of halogens is 1. The molecule has 0 saturated heterocycles. The lowest BCUT2D eigenvalue weighted by Gasteiger charge is -2.03. The highest BCUT2D eigenvalue weighted by Gasteiger charge is 2.11. The third kappa shape index (κ3) is 4.32. The summed E-state index contributed by atoms with van der Waals surface area (Å²) in [6, 6.07) is 12.3. The number of benzene rings is 1. The molecule has 0 unspecified atom stereocenters. The Morgan fingerprint density at radius 1 is 1.25 bits per heavy atom. The molecule has 0 amide bonds. The minimum Gasteiger partial charge on any atom is -0.496 e. The molecule has 1 N–H and O–H groups in total. The molecule has 0 aliphatic carbocycles. The third-order valence-corrected chi connectivity index (χ3v) is 3.86. The first-order valence-electron chi connectivity index (χ1n) is 7.50. The fourth-order valence-electron chi connectivity index (χ4n) is 2.21. The fourth-order valence-corrected chi connectivity index (χ4v) is 2.57. The quantitative estimate of drug-likeness (QED) is 0.597. The fraction of sp³-hybridized carbons (Fsp3) is 0.158. The van der Waals surface area contributed by atoms with Crippen molar-refractivity contribution in [1.29, 1.82) is 0 Å². The van der Waals surface area contributed by atoms with Gasteiger partial charge in [-0.25, -0.2) is 0 Å². The van der Waals surface area contributed by atoms with Crippen molar-refractivity contribution in [3.8, 4) is 5.75 Å². The van der Waals surface area contributed by atoms with Crippen LogP contribution in [0.2, 0.25) is 0 Å². The highest BCUT2D eigenvalue weighted by atomic mass is 79.9. The predicted octanol–water partition coefficient (Wildman–Crippen LogP) is 4.15. The summed E-state index contributed by atoms with van der Waals surface area (Å²) < 4.78 is 5.92. The van der Waals surface area contributed by atoms with Gasteiger partial charge in [0.25, 0.3) is 0 Å². The number of allylic oxidation sites excluding steroid dienone is 1. The van der Waals surface area contributed by atoms with Crippen molar-refractivity contribution < 1.29 is 9.53 Å². The number of para-hydroxylation sites is 1. The molecular weight excluding hydrogens is 370 g/mol. The number of hydrogen-bond acceptors (Lipinski definition) is 4. The van der Waals surface area contributed by atoms with Gasteiger partial charge in [0.05, 0.1) is 18.4 Å². The molecule has 0 atom stereocenters. The Bertz CT molecular complexity index is 831. The molecule has 0 saturated carbocycles. The Labute approximate surface area is 149 Å². The summed E-state index contributed by atoms with van der Waals surface area (Å²) in [6.07, 6.45) is 3.03. The van der Waals surface area contributed by atoms with Gasteiger partial charge in [-0.05, 0) is 43.3 Å². The van der Waals surface area contributed by atoms with E-state index in [-0.39, 0.29) is 16.8 Å². The largest absolute Gasteiger partial charge is 0.496 e. The molecule has 2 rings (SSSR count). The van der Waals surface area contributed by atoms with Gasteiger partial charge < -0.3 is 10.1 Å². The van der Waals surface area contributed by atoms with Crippen LogP contribution >= 0.6 is 15.9 Å². The second-order valence-electron chi connectivity index (χ2n) is 4.99. The summed E-state index contributed by atoms with van der Waals surface area (Å²) in [7, 11) is 1.57. The summed E-state index contributed by atoms with van der Waals surface area (Å²) in [4.78, 5) is 25.0. The molecule has 24 heavy (non-hydrogen) atoms. The Balaban J connectivity index is 2.41. The van der Waals surface area contributed by atoms with Gasteiger partial charge in [-0.3, -0.25) is 9.59 Å². The third-order valence-electron chi connectivity index (χ3n) is 3.37. The maximum atomic E-state index is 12.5. The van der Waals surface area contributed by atoms with Gasteiger partial charge in [0, 0.05) is 16.6 Å².